The summed E-state index contributed by atoms with van der Waals surface area (Å²) in [5.41, 5.74) is 3.04. The third kappa shape index (κ3) is 8.29. The van der Waals surface area contributed by atoms with Gasteiger partial charge in [-0.15, -0.1) is 0 Å². The molecule has 3 aromatic carbocycles. The summed E-state index contributed by atoms with van der Waals surface area (Å²) in [5, 5.41) is 19.7. The van der Waals surface area contributed by atoms with Crippen molar-refractivity contribution < 1.29 is 36.9 Å². The Bertz CT molecular complexity index is 1450. The number of rotatable bonds is 13. The van der Waals surface area contributed by atoms with E-state index in [2.05, 4.69) is 4.72 Å². The second-order valence-corrected chi connectivity index (χ2v) is 11.8. The average Bonchev–Trinajstić information content (AvgIpc) is 3.22. The van der Waals surface area contributed by atoms with Crippen molar-refractivity contribution in [2.24, 2.45) is 5.92 Å². The van der Waals surface area contributed by atoms with Gasteiger partial charge in [0.15, 0.2) is 0 Å². The quantitative estimate of drug-likeness (QED) is 0.182. The van der Waals surface area contributed by atoms with Gasteiger partial charge in [-0.3, -0.25) is 4.79 Å². The molecule has 0 amide bonds. The van der Waals surface area contributed by atoms with E-state index in [9.17, 15) is 27.1 Å². The van der Waals surface area contributed by atoms with Gasteiger partial charge in [-0.25, -0.2) is 21.9 Å². The third-order valence-corrected chi connectivity index (χ3v) is 8.66. The van der Waals surface area contributed by atoms with Crippen LogP contribution < -0.4 is 4.72 Å². The maximum atomic E-state index is 14.3. The number of aliphatic hydroxyl groups excluding tert-OH is 1. The summed E-state index contributed by atoms with van der Waals surface area (Å²) < 4.78 is 62.3. The Hall–Kier alpha value is -3.44. The molecule has 1 aliphatic carbocycles. The van der Waals surface area contributed by atoms with Crippen LogP contribution in [0.5, 0.6) is 0 Å². The Morgan fingerprint density at radius 2 is 1.71 bits per heavy atom. The minimum absolute atomic E-state index is 0.0347. The summed E-state index contributed by atoms with van der Waals surface area (Å²) in [4.78, 5) is 10.0. The zero-order valence-electron chi connectivity index (χ0n) is 22.3. The van der Waals surface area contributed by atoms with Crippen LogP contribution in [0.25, 0.3) is 11.1 Å². The molecule has 0 bridgehead atoms. The molecule has 41 heavy (non-hydrogen) atoms. The van der Waals surface area contributed by atoms with Crippen LogP contribution in [-0.2, 0) is 26.2 Å². The number of aliphatic carboxylic acids is 1. The van der Waals surface area contributed by atoms with E-state index in [1.165, 1.54) is 0 Å². The van der Waals surface area contributed by atoms with Crippen LogP contribution in [0.3, 0.4) is 0 Å². The minimum Gasteiger partial charge on any atom is -0.481 e. The van der Waals surface area contributed by atoms with E-state index in [4.69, 9.17) is 9.84 Å². The molecule has 1 aliphatic rings. The molecule has 0 spiro atoms. The molecule has 0 aliphatic heterocycles. The number of allylic oxidation sites excluding steroid dienone is 2. The van der Waals surface area contributed by atoms with E-state index in [0.29, 0.717) is 25.3 Å². The summed E-state index contributed by atoms with van der Waals surface area (Å²) in [6.07, 6.45) is 3.51. The van der Waals surface area contributed by atoms with Crippen molar-refractivity contribution in [2.75, 3.05) is 0 Å². The first kappa shape index (κ1) is 30.5. The van der Waals surface area contributed by atoms with Crippen molar-refractivity contribution in [3.8, 4) is 11.1 Å². The second kappa shape index (κ2) is 14.0. The van der Waals surface area contributed by atoms with Crippen LogP contribution >= 0.6 is 0 Å². The molecular formula is C31H33F2NO6S. The zero-order chi connectivity index (χ0) is 29.4. The number of hydrogen-bond donors (Lipinski definition) is 3. The Morgan fingerprint density at radius 3 is 2.39 bits per heavy atom. The molecule has 0 heterocycles. The van der Waals surface area contributed by atoms with E-state index >= 15 is 0 Å². The average molecular weight is 586 g/mol. The van der Waals surface area contributed by atoms with E-state index < -0.39 is 56.7 Å². The number of halogens is 2. The highest BCUT2D eigenvalue weighted by Gasteiger charge is 2.45. The summed E-state index contributed by atoms with van der Waals surface area (Å²) >= 11 is 0. The van der Waals surface area contributed by atoms with E-state index in [1.807, 2.05) is 66.7 Å². The van der Waals surface area contributed by atoms with Gasteiger partial charge in [0.1, 0.15) is 16.5 Å². The molecule has 4 atom stereocenters. The smallest absolute Gasteiger partial charge is 0.303 e. The predicted octanol–water partition coefficient (Wildman–Crippen LogP) is 5.45. The lowest BCUT2D eigenvalue weighted by atomic mass is 9.97. The molecule has 0 radical (unpaired) electrons. The van der Waals surface area contributed by atoms with Crippen molar-refractivity contribution in [3.05, 3.63) is 102 Å². The van der Waals surface area contributed by atoms with Gasteiger partial charge in [0.2, 0.25) is 10.0 Å². The number of sulfonamides is 1. The van der Waals surface area contributed by atoms with Gasteiger partial charge in [0.05, 0.1) is 24.9 Å². The molecule has 7 nitrogen and oxygen atoms in total. The van der Waals surface area contributed by atoms with Crippen molar-refractivity contribution >= 4 is 16.0 Å². The maximum Gasteiger partial charge on any atom is 0.303 e. The van der Waals surface area contributed by atoms with Gasteiger partial charge in [-0.05, 0) is 48.1 Å². The second-order valence-electron chi connectivity index (χ2n) is 10.1. The van der Waals surface area contributed by atoms with Gasteiger partial charge < -0.3 is 14.9 Å². The van der Waals surface area contributed by atoms with Crippen molar-refractivity contribution in [1.29, 1.82) is 0 Å². The molecule has 0 unspecified atom stereocenters. The van der Waals surface area contributed by atoms with Crippen LogP contribution in [0, 0.1) is 17.6 Å². The van der Waals surface area contributed by atoms with Crippen LogP contribution in [0.4, 0.5) is 8.78 Å². The molecule has 10 heteroatoms. The highest BCUT2D eigenvalue weighted by molar-refractivity contribution is 7.89. The van der Waals surface area contributed by atoms with Crippen molar-refractivity contribution in [1.82, 2.24) is 4.72 Å². The number of benzene rings is 3. The lowest BCUT2D eigenvalue weighted by molar-refractivity contribution is -0.137. The van der Waals surface area contributed by atoms with Gasteiger partial charge >= 0.3 is 5.97 Å². The van der Waals surface area contributed by atoms with Gasteiger partial charge in [0.25, 0.3) is 0 Å². The normalized spacial score (nSPS) is 21.0. The number of carboxylic acid groups (broad SMARTS) is 1. The molecule has 0 aromatic heterocycles. The van der Waals surface area contributed by atoms with Crippen LogP contribution in [0.2, 0.25) is 0 Å². The number of aliphatic hydroxyl groups is 1. The molecule has 1 fully saturated rings. The van der Waals surface area contributed by atoms with Crippen LogP contribution in [0.1, 0.15) is 37.7 Å². The first-order valence-corrected chi connectivity index (χ1v) is 14.9. The van der Waals surface area contributed by atoms with E-state index in [-0.39, 0.29) is 19.4 Å². The van der Waals surface area contributed by atoms with Gasteiger partial charge in [-0.1, -0.05) is 66.7 Å². The fourth-order valence-electron chi connectivity index (χ4n) is 5.04. The third-order valence-electron chi connectivity index (χ3n) is 7.16. The maximum absolute atomic E-state index is 14.3. The molecule has 1 saturated carbocycles. The Kier molecular flexibility index (Phi) is 10.4. The van der Waals surface area contributed by atoms with E-state index in [1.54, 1.807) is 0 Å². The summed E-state index contributed by atoms with van der Waals surface area (Å²) in [5.74, 6) is -3.52. The fraction of sp³-hybridized carbons (Fsp3) is 0.323. The number of hydrogen-bond acceptors (Lipinski definition) is 5. The highest BCUT2D eigenvalue weighted by Crippen LogP contribution is 2.34. The lowest BCUT2D eigenvalue weighted by Crippen LogP contribution is -2.45. The Morgan fingerprint density at radius 1 is 1.00 bits per heavy atom. The monoisotopic (exact) mass is 585 g/mol. The first-order chi connectivity index (χ1) is 19.6. The summed E-state index contributed by atoms with van der Waals surface area (Å²) in [7, 11) is -4.42. The van der Waals surface area contributed by atoms with E-state index in [0.717, 1.165) is 28.8 Å². The number of ether oxygens (including phenoxy) is 1. The molecule has 4 rings (SSSR count). The Balaban J connectivity index is 1.47. The number of carbonyl (C=O) groups is 1. The number of nitrogens with one attached hydrogen (secondary N) is 1. The first-order valence-electron chi connectivity index (χ1n) is 13.4. The topological polar surface area (TPSA) is 113 Å². The van der Waals surface area contributed by atoms with Crippen LogP contribution in [-0.4, -0.2) is 42.8 Å². The van der Waals surface area contributed by atoms with Gasteiger partial charge in [-0.2, -0.15) is 0 Å². The minimum atomic E-state index is -4.42. The molecule has 3 aromatic rings. The largest absolute Gasteiger partial charge is 0.481 e. The lowest BCUT2D eigenvalue weighted by Gasteiger charge is -2.25. The van der Waals surface area contributed by atoms with Crippen LogP contribution in [0.15, 0.2) is 89.8 Å². The van der Waals surface area contributed by atoms with Crippen molar-refractivity contribution in [2.45, 2.75) is 61.9 Å². The predicted molar refractivity (Wildman–Crippen MR) is 150 cm³/mol. The Labute approximate surface area is 238 Å². The van der Waals surface area contributed by atoms with Gasteiger partial charge in [0, 0.05) is 24.8 Å². The zero-order valence-corrected chi connectivity index (χ0v) is 23.1. The summed E-state index contributed by atoms with van der Waals surface area (Å²) in [6.45, 7) is 0.233. The number of unbranched alkanes of at least 4 members (excludes halogenated alkanes) is 1. The fourth-order valence-corrected chi connectivity index (χ4v) is 6.42. The highest BCUT2D eigenvalue weighted by atomic mass is 32.2. The SMILES string of the molecule is O=C(O)CCC/C=C\C[C@@H]1[C@@H](NS(=O)(=O)c2ccc(F)cc2F)[C@H](O)C[C@H]1OCc1ccc(-c2ccccc2)cc1. The molecule has 218 valence electrons. The number of carboxylic acids is 1. The standard InChI is InChI=1S/C31H33F2NO6S/c32-24-16-17-29(26(33)18-24)41(38,39)34-31-25(10-6-1-2-7-11-30(36)37)28(19-27(31)35)40-20-21-12-14-23(15-13-21)22-8-4-3-5-9-22/h1,3-6,8-9,12-18,25,27-28,31,34-35H,2,7,10-11,19-20H2,(H,36,37)/b6-1-/t25-,27+,28+,31+/m0/s1. The molecule has 3 N–H and O–H groups in total. The molecular weight excluding hydrogens is 552 g/mol. The summed E-state index contributed by atoms with van der Waals surface area (Å²) in [6, 6.07) is 19.0. The molecule has 0 saturated heterocycles. The van der Waals surface area contributed by atoms with Crippen molar-refractivity contribution in [3.63, 3.8) is 0 Å².